The highest BCUT2D eigenvalue weighted by Gasteiger charge is 2.30. The fourth-order valence-corrected chi connectivity index (χ4v) is 1.17. The van der Waals surface area contributed by atoms with Gasteiger partial charge in [-0.15, -0.1) is 5.10 Å². The first-order chi connectivity index (χ1) is 8.34. The number of hydrogen-bond donors (Lipinski definition) is 2. The van der Waals surface area contributed by atoms with E-state index in [1.165, 1.54) is 13.2 Å². The quantitative estimate of drug-likeness (QED) is 0.488. The lowest BCUT2D eigenvalue weighted by atomic mass is 10.1. The molecule has 4 N–H and O–H groups in total. The molecule has 8 heteroatoms. The monoisotopic (exact) mass is 260 g/mol. The number of nitrogens with zero attached hydrogens (tertiary/aromatic N) is 2. The Kier molecular flexibility index (Phi) is 4.13. The van der Waals surface area contributed by atoms with Crippen molar-refractivity contribution in [2.45, 2.75) is 6.18 Å². The highest BCUT2D eigenvalue weighted by molar-refractivity contribution is 5.85. The molecule has 0 unspecified atom stereocenters. The molecule has 0 spiro atoms. The molecule has 0 saturated carbocycles. The Labute approximate surface area is 101 Å². The molecule has 0 radical (unpaired) electrons. The van der Waals surface area contributed by atoms with Crippen LogP contribution in [0.5, 0.6) is 5.75 Å². The van der Waals surface area contributed by atoms with Crippen LogP contribution < -0.4 is 16.2 Å². The van der Waals surface area contributed by atoms with Gasteiger partial charge in [-0.25, -0.2) is 0 Å². The maximum Gasteiger partial charge on any atom is 0.416 e. The van der Waals surface area contributed by atoms with E-state index < -0.39 is 11.7 Å². The second-order valence-electron chi connectivity index (χ2n) is 3.22. The van der Waals surface area contributed by atoms with Crippen molar-refractivity contribution >= 4 is 12.2 Å². The zero-order valence-electron chi connectivity index (χ0n) is 9.40. The zero-order chi connectivity index (χ0) is 13.8. The second kappa shape index (κ2) is 5.39. The highest BCUT2D eigenvalue weighted by atomic mass is 19.4. The summed E-state index contributed by atoms with van der Waals surface area (Å²) >= 11 is 0. The van der Waals surface area contributed by atoms with Crippen molar-refractivity contribution in [2.75, 3.05) is 7.11 Å². The minimum absolute atomic E-state index is 0.123. The molecule has 0 aliphatic carbocycles. The van der Waals surface area contributed by atoms with Gasteiger partial charge in [0.15, 0.2) is 0 Å². The zero-order valence-corrected chi connectivity index (χ0v) is 9.40. The number of nitrogens with two attached hydrogens (primary N) is 2. The molecule has 0 aliphatic heterocycles. The number of rotatable bonds is 3. The van der Waals surface area contributed by atoms with Crippen molar-refractivity contribution < 1.29 is 17.9 Å². The van der Waals surface area contributed by atoms with Crippen molar-refractivity contribution in [3.8, 4) is 5.75 Å². The first-order valence-corrected chi connectivity index (χ1v) is 4.72. The van der Waals surface area contributed by atoms with E-state index in [9.17, 15) is 13.2 Å². The van der Waals surface area contributed by atoms with Crippen molar-refractivity contribution in [1.29, 1.82) is 0 Å². The van der Waals surface area contributed by atoms with Crippen molar-refractivity contribution in [1.82, 2.24) is 0 Å². The van der Waals surface area contributed by atoms with Crippen molar-refractivity contribution in [3.05, 3.63) is 29.3 Å². The molecule has 18 heavy (non-hydrogen) atoms. The third kappa shape index (κ3) is 3.65. The number of alkyl halides is 3. The predicted molar refractivity (Wildman–Crippen MR) is 61.4 cm³/mol. The van der Waals surface area contributed by atoms with Gasteiger partial charge < -0.3 is 16.2 Å². The van der Waals surface area contributed by atoms with Crippen LogP contribution in [0.15, 0.2) is 28.4 Å². The first kappa shape index (κ1) is 13.8. The third-order valence-corrected chi connectivity index (χ3v) is 1.93. The van der Waals surface area contributed by atoms with Crippen LogP contribution in [0, 0.1) is 0 Å². The van der Waals surface area contributed by atoms with E-state index in [1.54, 1.807) is 0 Å². The van der Waals surface area contributed by atoms with Gasteiger partial charge in [0, 0.05) is 5.56 Å². The maximum atomic E-state index is 12.5. The van der Waals surface area contributed by atoms with Gasteiger partial charge in [-0.3, -0.25) is 0 Å². The number of ether oxygens (including phenoxy) is 1. The molecule has 5 nitrogen and oxygen atoms in total. The van der Waals surface area contributed by atoms with E-state index in [1.807, 2.05) is 0 Å². The van der Waals surface area contributed by atoms with Gasteiger partial charge in [0.05, 0.1) is 18.9 Å². The topological polar surface area (TPSA) is 86.0 Å². The van der Waals surface area contributed by atoms with E-state index >= 15 is 0 Å². The Bertz CT molecular complexity index is 479. The summed E-state index contributed by atoms with van der Waals surface area (Å²) < 4.78 is 42.4. The minimum atomic E-state index is -4.44. The maximum absolute atomic E-state index is 12.5. The van der Waals surface area contributed by atoms with E-state index in [0.29, 0.717) is 0 Å². The van der Waals surface area contributed by atoms with Crippen LogP contribution in [-0.2, 0) is 6.18 Å². The first-order valence-electron chi connectivity index (χ1n) is 4.72. The van der Waals surface area contributed by atoms with Gasteiger partial charge in [-0.05, 0) is 18.2 Å². The fraction of sp³-hybridized carbons (Fsp3) is 0.200. The Hall–Kier alpha value is -2.25. The summed E-state index contributed by atoms with van der Waals surface area (Å²) in [6.45, 7) is 0. The van der Waals surface area contributed by atoms with E-state index in [4.69, 9.17) is 16.2 Å². The summed E-state index contributed by atoms with van der Waals surface area (Å²) in [5.74, 6) is -0.0604. The number of guanidine groups is 1. The Morgan fingerprint density at radius 3 is 2.50 bits per heavy atom. The van der Waals surface area contributed by atoms with Crippen LogP contribution in [-0.4, -0.2) is 19.3 Å². The summed E-state index contributed by atoms with van der Waals surface area (Å²) in [6, 6.07) is 3.00. The van der Waals surface area contributed by atoms with Gasteiger partial charge >= 0.3 is 6.18 Å². The van der Waals surface area contributed by atoms with Crippen LogP contribution in [0.1, 0.15) is 11.1 Å². The highest BCUT2D eigenvalue weighted by Crippen LogP contribution is 2.31. The van der Waals surface area contributed by atoms with E-state index in [0.717, 1.165) is 18.3 Å². The van der Waals surface area contributed by atoms with Gasteiger partial charge in [-0.1, -0.05) is 0 Å². The molecule has 0 amide bonds. The van der Waals surface area contributed by atoms with Crippen molar-refractivity contribution in [3.63, 3.8) is 0 Å². The average Bonchev–Trinajstić information content (AvgIpc) is 2.27. The number of methoxy groups -OCH3 is 1. The third-order valence-electron chi connectivity index (χ3n) is 1.93. The summed E-state index contributed by atoms with van der Waals surface area (Å²) in [6.07, 6.45) is -3.36. The van der Waals surface area contributed by atoms with Gasteiger partial charge in [0.2, 0.25) is 5.96 Å². The summed E-state index contributed by atoms with van der Waals surface area (Å²) in [5.41, 5.74) is 9.37. The summed E-state index contributed by atoms with van der Waals surface area (Å²) in [5, 5.41) is 6.73. The smallest absolute Gasteiger partial charge is 0.416 e. The molecule has 1 aromatic carbocycles. The van der Waals surface area contributed by atoms with E-state index in [2.05, 4.69) is 10.2 Å². The summed E-state index contributed by atoms with van der Waals surface area (Å²) in [4.78, 5) is 0. The standard InChI is InChI=1S/C10H11F3N4O/c1-18-8-3-2-7(10(11,12)13)4-6(8)5-16-17-9(14)15/h2-5H,1H3,(H4,14,15,17)/b16-5+. The second-order valence-corrected chi connectivity index (χ2v) is 3.22. The lowest BCUT2D eigenvalue weighted by molar-refractivity contribution is -0.137. The van der Waals surface area contributed by atoms with Crippen molar-refractivity contribution in [2.24, 2.45) is 21.7 Å². The van der Waals surface area contributed by atoms with Crippen LogP contribution in [0.3, 0.4) is 0 Å². The number of hydrogen-bond acceptors (Lipinski definition) is 3. The largest absolute Gasteiger partial charge is 0.496 e. The van der Waals surface area contributed by atoms with Gasteiger partial charge in [0.25, 0.3) is 0 Å². The molecule has 98 valence electrons. The molecule has 0 aliphatic rings. The van der Waals surface area contributed by atoms with Crippen LogP contribution >= 0.6 is 0 Å². The molecule has 0 fully saturated rings. The molecular formula is C10H11F3N4O. The van der Waals surface area contributed by atoms with Crippen LogP contribution in [0.2, 0.25) is 0 Å². The SMILES string of the molecule is COc1ccc(C(F)(F)F)cc1/C=N/N=C(N)N. The Morgan fingerprint density at radius 1 is 1.33 bits per heavy atom. The van der Waals surface area contributed by atoms with Gasteiger partial charge in [0.1, 0.15) is 5.75 Å². The molecule has 0 heterocycles. The fourth-order valence-electron chi connectivity index (χ4n) is 1.17. The molecule has 1 aromatic rings. The molecular weight excluding hydrogens is 249 g/mol. The van der Waals surface area contributed by atoms with Crippen LogP contribution in [0.25, 0.3) is 0 Å². The Morgan fingerprint density at radius 2 is 2.00 bits per heavy atom. The van der Waals surface area contributed by atoms with Crippen LogP contribution in [0.4, 0.5) is 13.2 Å². The Balaban J connectivity index is 3.15. The lowest BCUT2D eigenvalue weighted by Crippen LogP contribution is -2.21. The lowest BCUT2D eigenvalue weighted by Gasteiger charge is -2.09. The number of benzene rings is 1. The van der Waals surface area contributed by atoms with Gasteiger partial charge in [-0.2, -0.15) is 18.3 Å². The molecule has 0 saturated heterocycles. The predicted octanol–water partition coefficient (Wildman–Crippen LogP) is 1.32. The minimum Gasteiger partial charge on any atom is -0.496 e. The molecule has 1 rings (SSSR count). The molecule has 0 atom stereocenters. The molecule has 0 aromatic heterocycles. The molecule has 0 bridgehead atoms. The normalized spacial score (nSPS) is 11.6. The summed E-state index contributed by atoms with van der Waals surface area (Å²) in [7, 11) is 1.33. The average molecular weight is 260 g/mol. The van der Waals surface area contributed by atoms with E-state index in [-0.39, 0.29) is 17.3 Å². The number of halogens is 3.